The van der Waals surface area contributed by atoms with Gasteiger partial charge in [-0.15, -0.1) is 0 Å². The van der Waals surface area contributed by atoms with Gasteiger partial charge in [-0.2, -0.15) is 0 Å². The number of rotatable bonds is 9. The number of carbonyl (C=O) groups is 1. The normalized spacial score (nSPS) is 15.1. The number of anilines is 1. The lowest BCUT2D eigenvalue weighted by atomic mass is 9.98. The smallest absolute Gasteiger partial charge is 0.241 e. The number of alkyl halides is 1. The van der Waals surface area contributed by atoms with Crippen molar-refractivity contribution in [3.8, 4) is 0 Å². The highest BCUT2D eigenvalue weighted by molar-refractivity contribution is 5.84. The van der Waals surface area contributed by atoms with Gasteiger partial charge in [0.15, 0.2) is 6.30 Å². The summed E-state index contributed by atoms with van der Waals surface area (Å²) in [7, 11) is 7.12. The van der Waals surface area contributed by atoms with Gasteiger partial charge in [0.1, 0.15) is 0 Å². The zero-order valence-corrected chi connectivity index (χ0v) is 17.0. The van der Waals surface area contributed by atoms with Gasteiger partial charge in [-0.05, 0) is 43.4 Å². The molecule has 1 amide bonds. The van der Waals surface area contributed by atoms with E-state index in [-0.39, 0.29) is 12.5 Å². The molecule has 1 aliphatic rings. The predicted molar refractivity (Wildman–Crippen MR) is 110 cm³/mol. The van der Waals surface area contributed by atoms with Crippen LogP contribution in [0.15, 0.2) is 36.7 Å². The van der Waals surface area contributed by atoms with E-state index in [1.807, 2.05) is 31.3 Å². The second-order valence-electron chi connectivity index (χ2n) is 7.31. The first-order valence-corrected chi connectivity index (χ1v) is 9.27. The molecule has 0 saturated heterocycles. The van der Waals surface area contributed by atoms with E-state index in [0.29, 0.717) is 11.6 Å². The van der Waals surface area contributed by atoms with E-state index in [9.17, 15) is 9.18 Å². The minimum atomic E-state index is -1.16. The average Bonchev–Trinajstić information content (AvgIpc) is 3.43. The summed E-state index contributed by atoms with van der Waals surface area (Å²) in [5, 5.41) is 6.02. The Morgan fingerprint density at radius 1 is 1.37 bits per heavy atom. The summed E-state index contributed by atoms with van der Waals surface area (Å²) < 4.78 is 13.6. The number of allylic oxidation sites excluding steroid dienone is 1. The van der Waals surface area contributed by atoms with Gasteiger partial charge in [0, 0.05) is 51.2 Å². The molecule has 1 saturated carbocycles. The molecule has 1 unspecified atom stereocenters. The van der Waals surface area contributed by atoms with Crippen LogP contribution in [0, 0.1) is 0 Å². The maximum atomic E-state index is 13.6. The number of benzene rings is 1. The molecule has 0 heterocycles. The fourth-order valence-electron chi connectivity index (χ4n) is 2.88. The average molecular weight is 375 g/mol. The van der Waals surface area contributed by atoms with E-state index in [0.717, 1.165) is 16.8 Å². The minimum Gasteiger partial charge on any atom is -0.386 e. The SMILES string of the molecule is C=C(/C(=C\N(C)CC(=O)N(C)C)NC)c1cc(C2CC2)ccc1NC(C)F. The molecule has 0 bridgehead atoms. The summed E-state index contributed by atoms with van der Waals surface area (Å²) in [5.41, 5.74) is 4.39. The summed E-state index contributed by atoms with van der Waals surface area (Å²) >= 11 is 0. The van der Waals surface area contributed by atoms with Crippen LogP contribution in [-0.2, 0) is 4.79 Å². The molecule has 0 aliphatic heterocycles. The van der Waals surface area contributed by atoms with Gasteiger partial charge in [0.2, 0.25) is 5.91 Å². The van der Waals surface area contributed by atoms with E-state index >= 15 is 0 Å². The maximum absolute atomic E-state index is 13.6. The molecule has 148 valence electrons. The molecule has 2 rings (SSSR count). The van der Waals surface area contributed by atoms with Crippen molar-refractivity contribution in [1.82, 2.24) is 15.1 Å². The minimum absolute atomic E-state index is 0.0131. The number of hydrogen-bond acceptors (Lipinski definition) is 4. The van der Waals surface area contributed by atoms with Gasteiger partial charge in [0.05, 0.1) is 12.2 Å². The zero-order valence-electron chi connectivity index (χ0n) is 17.0. The summed E-state index contributed by atoms with van der Waals surface area (Å²) in [4.78, 5) is 15.3. The number of carbonyl (C=O) groups excluding carboxylic acids is 1. The molecule has 1 aliphatic carbocycles. The van der Waals surface area contributed by atoms with Gasteiger partial charge < -0.3 is 20.4 Å². The van der Waals surface area contributed by atoms with Gasteiger partial charge in [-0.25, -0.2) is 4.39 Å². The molecule has 0 aromatic heterocycles. The van der Waals surface area contributed by atoms with Crippen LogP contribution in [0.5, 0.6) is 0 Å². The molecule has 27 heavy (non-hydrogen) atoms. The Balaban J connectivity index is 2.30. The number of nitrogens with one attached hydrogen (secondary N) is 2. The van der Waals surface area contributed by atoms with Crippen LogP contribution in [0.3, 0.4) is 0 Å². The summed E-state index contributed by atoms with van der Waals surface area (Å²) in [6.07, 6.45) is 3.09. The Morgan fingerprint density at radius 3 is 2.56 bits per heavy atom. The monoisotopic (exact) mass is 374 g/mol. The van der Waals surface area contributed by atoms with Crippen molar-refractivity contribution in [2.75, 3.05) is 40.1 Å². The molecule has 0 radical (unpaired) electrons. The van der Waals surface area contributed by atoms with Gasteiger partial charge in [-0.3, -0.25) is 4.79 Å². The molecule has 1 fully saturated rings. The second-order valence-corrected chi connectivity index (χ2v) is 7.31. The van der Waals surface area contributed by atoms with Crippen molar-refractivity contribution in [1.29, 1.82) is 0 Å². The second kappa shape index (κ2) is 8.93. The zero-order chi connectivity index (χ0) is 20.1. The first-order valence-electron chi connectivity index (χ1n) is 9.27. The van der Waals surface area contributed by atoms with Crippen molar-refractivity contribution in [3.63, 3.8) is 0 Å². The largest absolute Gasteiger partial charge is 0.386 e. The third-order valence-corrected chi connectivity index (χ3v) is 4.60. The van der Waals surface area contributed by atoms with E-state index in [4.69, 9.17) is 0 Å². The van der Waals surface area contributed by atoms with Gasteiger partial charge >= 0.3 is 0 Å². The Labute approximate surface area is 161 Å². The lowest BCUT2D eigenvalue weighted by Crippen LogP contribution is -2.32. The van der Waals surface area contributed by atoms with E-state index < -0.39 is 6.30 Å². The third-order valence-electron chi connectivity index (χ3n) is 4.60. The van der Waals surface area contributed by atoms with Crippen LogP contribution < -0.4 is 10.6 Å². The fourth-order valence-corrected chi connectivity index (χ4v) is 2.88. The van der Waals surface area contributed by atoms with Crippen molar-refractivity contribution in [2.45, 2.75) is 32.0 Å². The molecule has 1 aromatic carbocycles. The fraction of sp³-hybridized carbons (Fsp3) is 0.476. The summed E-state index contributed by atoms with van der Waals surface area (Å²) in [6.45, 7) is 5.97. The highest BCUT2D eigenvalue weighted by Crippen LogP contribution is 2.42. The van der Waals surface area contributed by atoms with Crippen molar-refractivity contribution in [3.05, 3.63) is 47.8 Å². The Morgan fingerprint density at radius 2 is 2.04 bits per heavy atom. The summed E-state index contributed by atoms with van der Waals surface area (Å²) in [6, 6.07) is 6.08. The molecule has 2 N–H and O–H groups in total. The highest BCUT2D eigenvalue weighted by Gasteiger charge is 2.25. The first-order chi connectivity index (χ1) is 12.7. The Hall–Kier alpha value is -2.50. The summed E-state index contributed by atoms with van der Waals surface area (Å²) in [5.74, 6) is 0.606. The molecule has 0 spiro atoms. The van der Waals surface area contributed by atoms with E-state index in [2.05, 4.69) is 29.3 Å². The van der Waals surface area contributed by atoms with Crippen molar-refractivity contribution in [2.24, 2.45) is 0 Å². The van der Waals surface area contributed by atoms with E-state index in [1.54, 1.807) is 19.0 Å². The Kier molecular flexibility index (Phi) is 6.88. The number of amides is 1. The standard InChI is InChI=1S/C21H31FN4O/c1-14(20(23-3)12-26(6)13-21(27)25(4)5)18-11-17(16-7-8-16)9-10-19(18)24-15(2)22/h9-12,15-16,23-24H,1,7-8,13H2,2-6H3/b20-12+. The van der Waals surface area contributed by atoms with Crippen molar-refractivity contribution >= 4 is 17.2 Å². The van der Waals surface area contributed by atoms with Crippen LogP contribution in [0.1, 0.15) is 36.8 Å². The molecular weight excluding hydrogens is 343 g/mol. The van der Waals surface area contributed by atoms with Crippen molar-refractivity contribution < 1.29 is 9.18 Å². The first kappa shape index (κ1) is 20.8. The predicted octanol–water partition coefficient (Wildman–Crippen LogP) is 3.39. The number of hydrogen-bond donors (Lipinski definition) is 2. The van der Waals surface area contributed by atoms with Crippen LogP contribution in [0.2, 0.25) is 0 Å². The van der Waals surface area contributed by atoms with Crippen LogP contribution >= 0.6 is 0 Å². The molecule has 1 aromatic rings. The highest BCUT2D eigenvalue weighted by atomic mass is 19.1. The maximum Gasteiger partial charge on any atom is 0.241 e. The van der Waals surface area contributed by atoms with Gasteiger partial charge in [-0.1, -0.05) is 12.6 Å². The van der Waals surface area contributed by atoms with E-state index in [1.165, 1.54) is 25.3 Å². The molecule has 1 atom stereocenters. The Bertz CT molecular complexity index is 723. The van der Waals surface area contributed by atoms with Crippen LogP contribution in [0.4, 0.5) is 10.1 Å². The van der Waals surface area contributed by atoms with Gasteiger partial charge in [0.25, 0.3) is 0 Å². The number of likely N-dealkylation sites (N-methyl/N-ethyl adjacent to an activating group) is 3. The van der Waals surface area contributed by atoms with Crippen LogP contribution in [-0.4, -0.2) is 56.7 Å². The lowest BCUT2D eigenvalue weighted by molar-refractivity contribution is -0.129. The number of halogens is 1. The topological polar surface area (TPSA) is 47.6 Å². The van der Waals surface area contributed by atoms with Crippen LogP contribution in [0.25, 0.3) is 5.57 Å². The molecular formula is C21H31FN4O. The molecule has 5 nitrogen and oxygen atoms in total. The third kappa shape index (κ3) is 5.74. The lowest BCUT2D eigenvalue weighted by Gasteiger charge is -2.22. The molecule has 6 heteroatoms. The quantitative estimate of drug-likeness (QED) is 0.514. The number of nitrogens with zero attached hydrogens (tertiary/aromatic N) is 2.